The fourth-order valence-corrected chi connectivity index (χ4v) is 0.955. The van der Waals surface area contributed by atoms with Gasteiger partial charge in [-0.25, -0.2) is 4.39 Å². The molecule has 2 nitrogen and oxygen atoms in total. The number of aliphatic hydroxyl groups excluding tert-OH is 1. The average molecular weight is 155 g/mol. The van der Waals surface area contributed by atoms with Crippen molar-refractivity contribution in [2.45, 2.75) is 13.5 Å². The van der Waals surface area contributed by atoms with Gasteiger partial charge in [0.1, 0.15) is 5.82 Å². The first kappa shape index (κ1) is 8.01. The summed E-state index contributed by atoms with van der Waals surface area (Å²) < 4.78 is 12.6. The second-order valence-electron chi connectivity index (χ2n) is 2.45. The summed E-state index contributed by atoms with van der Waals surface area (Å²) >= 11 is 0. The van der Waals surface area contributed by atoms with Crippen LogP contribution < -0.4 is 5.73 Å². The van der Waals surface area contributed by atoms with Gasteiger partial charge in [0.15, 0.2) is 0 Å². The van der Waals surface area contributed by atoms with Crippen molar-refractivity contribution in [3.8, 4) is 0 Å². The summed E-state index contributed by atoms with van der Waals surface area (Å²) in [6.07, 6.45) is 0. The van der Waals surface area contributed by atoms with E-state index in [2.05, 4.69) is 0 Å². The molecule has 0 saturated heterocycles. The number of aliphatic hydroxyl groups is 1. The zero-order chi connectivity index (χ0) is 8.43. The van der Waals surface area contributed by atoms with Crippen LogP contribution in [0.3, 0.4) is 0 Å². The molecule has 0 bridgehead atoms. The summed E-state index contributed by atoms with van der Waals surface area (Å²) in [6, 6.07) is 2.58. The number of halogens is 1. The molecule has 1 aromatic carbocycles. The fraction of sp³-hybridized carbons (Fsp3) is 0.250. The van der Waals surface area contributed by atoms with Gasteiger partial charge in [0.2, 0.25) is 0 Å². The summed E-state index contributed by atoms with van der Waals surface area (Å²) in [5.41, 5.74) is 7.11. The predicted octanol–water partition coefficient (Wildman–Crippen LogP) is 1.21. The molecule has 0 aliphatic heterocycles. The van der Waals surface area contributed by atoms with E-state index in [0.29, 0.717) is 16.8 Å². The Kier molecular flexibility index (Phi) is 2.10. The van der Waals surface area contributed by atoms with Gasteiger partial charge in [0, 0.05) is 11.3 Å². The molecule has 0 aliphatic carbocycles. The van der Waals surface area contributed by atoms with Gasteiger partial charge in [-0.1, -0.05) is 0 Å². The highest BCUT2D eigenvalue weighted by Gasteiger charge is 2.02. The second kappa shape index (κ2) is 2.88. The van der Waals surface area contributed by atoms with E-state index < -0.39 is 0 Å². The molecule has 0 aromatic heterocycles. The molecule has 11 heavy (non-hydrogen) atoms. The van der Waals surface area contributed by atoms with Gasteiger partial charge < -0.3 is 10.8 Å². The Morgan fingerprint density at radius 2 is 2.18 bits per heavy atom. The number of anilines is 1. The van der Waals surface area contributed by atoms with E-state index >= 15 is 0 Å². The number of nitrogen functional groups attached to an aromatic ring is 1. The van der Waals surface area contributed by atoms with Crippen molar-refractivity contribution in [3.05, 3.63) is 29.1 Å². The number of hydrogen-bond acceptors (Lipinski definition) is 2. The molecule has 0 aliphatic rings. The molecule has 3 N–H and O–H groups in total. The zero-order valence-electron chi connectivity index (χ0n) is 6.26. The average Bonchev–Trinajstić information content (AvgIpc) is 1.96. The number of rotatable bonds is 1. The lowest BCUT2D eigenvalue weighted by atomic mass is 10.1. The third-order valence-corrected chi connectivity index (χ3v) is 1.61. The largest absolute Gasteiger partial charge is 0.398 e. The Morgan fingerprint density at radius 3 is 2.73 bits per heavy atom. The Morgan fingerprint density at radius 1 is 1.55 bits per heavy atom. The van der Waals surface area contributed by atoms with Crippen LogP contribution in [0.2, 0.25) is 0 Å². The fourth-order valence-electron chi connectivity index (χ4n) is 0.955. The minimum Gasteiger partial charge on any atom is -0.398 e. The molecule has 0 fully saturated rings. The Balaban J connectivity index is 3.24. The SMILES string of the molecule is Cc1cc(F)cc(CO)c1N. The first-order valence-electron chi connectivity index (χ1n) is 3.30. The first-order valence-corrected chi connectivity index (χ1v) is 3.30. The second-order valence-corrected chi connectivity index (χ2v) is 2.45. The van der Waals surface area contributed by atoms with Crippen molar-refractivity contribution < 1.29 is 9.50 Å². The number of aryl methyl sites for hydroxylation is 1. The maximum absolute atomic E-state index is 12.6. The van der Waals surface area contributed by atoms with E-state index in [1.54, 1.807) is 6.92 Å². The van der Waals surface area contributed by atoms with E-state index in [9.17, 15) is 4.39 Å². The van der Waals surface area contributed by atoms with E-state index in [4.69, 9.17) is 10.8 Å². The number of benzene rings is 1. The van der Waals surface area contributed by atoms with Crippen molar-refractivity contribution in [1.82, 2.24) is 0 Å². The number of hydrogen-bond donors (Lipinski definition) is 2. The van der Waals surface area contributed by atoms with Crippen molar-refractivity contribution >= 4 is 5.69 Å². The smallest absolute Gasteiger partial charge is 0.123 e. The van der Waals surface area contributed by atoms with Gasteiger partial charge in [-0.15, -0.1) is 0 Å². The highest BCUT2D eigenvalue weighted by atomic mass is 19.1. The maximum Gasteiger partial charge on any atom is 0.123 e. The molecule has 3 heteroatoms. The molecule has 0 atom stereocenters. The lowest BCUT2D eigenvalue weighted by molar-refractivity contribution is 0.282. The van der Waals surface area contributed by atoms with Crippen LogP contribution in [0.4, 0.5) is 10.1 Å². The number of nitrogens with two attached hydrogens (primary N) is 1. The van der Waals surface area contributed by atoms with Gasteiger partial charge in [0.25, 0.3) is 0 Å². The molecule has 0 amide bonds. The lowest BCUT2D eigenvalue weighted by Crippen LogP contribution is -1.98. The molecule has 0 spiro atoms. The zero-order valence-corrected chi connectivity index (χ0v) is 6.26. The normalized spacial score (nSPS) is 10.1. The highest BCUT2D eigenvalue weighted by Crippen LogP contribution is 2.18. The van der Waals surface area contributed by atoms with Crippen LogP contribution in [0.25, 0.3) is 0 Å². The Bertz CT molecular complexity index is 273. The quantitative estimate of drug-likeness (QED) is 0.599. The molecule has 0 unspecified atom stereocenters. The minimum absolute atomic E-state index is 0.218. The van der Waals surface area contributed by atoms with Crippen LogP contribution in [0.1, 0.15) is 11.1 Å². The lowest BCUT2D eigenvalue weighted by Gasteiger charge is -2.05. The van der Waals surface area contributed by atoms with Crippen LogP contribution in [-0.2, 0) is 6.61 Å². The minimum atomic E-state index is -0.360. The van der Waals surface area contributed by atoms with Gasteiger partial charge in [0.05, 0.1) is 6.61 Å². The summed E-state index contributed by atoms with van der Waals surface area (Å²) in [5, 5.41) is 8.72. The predicted molar refractivity (Wildman–Crippen MR) is 41.5 cm³/mol. The Hall–Kier alpha value is -1.09. The molecule has 1 aromatic rings. The van der Waals surface area contributed by atoms with Crippen LogP contribution >= 0.6 is 0 Å². The van der Waals surface area contributed by atoms with Crippen molar-refractivity contribution in [1.29, 1.82) is 0 Å². The van der Waals surface area contributed by atoms with Crippen molar-refractivity contribution in [2.75, 3.05) is 5.73 Å². The van der Waals surface area contributed by atoms with E-state index in [1.165, 1.54) is 12.1 Å². The van der Waals surface area contributed by atoms with Gasteiger partial charge >= 0.3 is 0 Å². The highest BCUT2D eigenvalue weighted by molar-refractivity contribution is 5.53. The van der Waals surface area contributed by atoms with Crippen molar-refractivity contribution in [3.63, 3.8) is 0 Å². The van der Waals surface area contributed by atoms with Crippen LogP contribution in [0, 0.1) is 12.7 Å². The molecule has 0 radical (unpaired) electrons. The molecule has 1 rings (SSSR count). The molecule has 0 heterocycles. The summed E-state index contributed by atoms with van der Waals surface area (Å²) in [7, 11) is 0. The third-order valence-electron chi connectivity index (χ3n) is 1.61. The standard InChI is InChI=1S/C8H10FNO/c1-5-2-7(9)3-6(4-11)8(5)10/h2-3,11H,4,10H2,1H3. The first-order chi connectivity index (χ1) is 5.15. The summed E-state index contributed by atoms with van der Waals surface area (Å²) in [4.78, 5) is 0. The van der Waals surface area contributed by atoms with Crippen LogP contribution in [0.5, 0.6) is 0 Å². The Labute approximate surface area is 64.5 Å². The van der Waals surface area contributed by atoms with Crippen LogP contribution in [-0.4, -0.2) is 5.11 Å². The van der Waals surface area contributed by atoms with Gasteiger partial charge in [-0.2, -0.15) is 0 Å². The van der Waals surface area contributed by atoms with Crippen LogP contribution in [0.15, 0.2) is 12.1 Å². The topological polar surface area (TPSA) is 46.2 Å². The molecule has 60 valence electrons. The van der Waals surface area contributed by atoms with Crippen molar-refractivity contribution in [2.24, 2.45) is 0 Å². The van der Waals surface area contributed by atoms with E-state index in [-0.39, 0.29) is 12.4 Å². The molecular formula is C8H10FNO. The third kappa shape index (κ3) is 1.49. The van der Waals surface area contributed by atoms with E-state index in [0.717, 1.165) is 0 Å². The molecular weight excluding hydrogens is 145 g/mol. The summed E-state index contributed by atoms with van der Waals surface area (Å²) in [6.45, 7) is 1.49. The maximum atomic E-state index is 12.6. The summed E-state index contributed by atoms with van der Waals surface area (Å²) in [5.74, 6) is -0.360. The van der Waals surface area contributed by atoms with E-state index in [1.807, 2.05) is 0 Å². The van der Waals surface area contributed by atoms with Gasteiger partial charge in [-0.3, -0.25) is 0 Å². The molecule has 0 saturated carbocycles. The van der Waals surface area contributed by atoms with Gasteiger partial charge in [-0.05, 0) is 24.6 Å². The monoisotopic (exact) mass is 155 g/mol.